The zero-order chi connectivity index (χ0) is 23.8. The number of carbonyl (C=O) groups excluding carboxylic acids is 2. The van der Waals surface area contributed by atoms with Crippen LogP contribution in [0.15, 0.2) is 24.3 Å². The number of hydrogen-bond donors (Lipinski definition) is 1. The minimum absolute atomic E-state index is 0.0440. The van der Waals surface area contributed by atoms with Crippen molar-refractivity contribution >= 4 is 29.6 Å². The molecule has 0 aliphatic heterocycles. The predicted octanol–water partition coefficient (Wildman–Crippen LogP) is 3.95. The minimum atomic E-state index is -0.625. The van der Waals surface area contributed by atoms with Crippen LogP contribution in [0.3, 0.4) is 0 Å². The number of hydrogen-bond acceptors (Lipinski definition) is 6. The first-order valence-corrected chi connectivity index (χ1v) is 10.6. The lowest BCUT2D eigenvalue weighted by atomic mass is 10.0. The maximum Gasteiger partial charge on any atom is 0.307 e. The minimum Gasteiger partial charge on any atom is -0.493 e. The number of methoxy groups -OCH3 is 3. The van der Waals surface area contributed by atoms with Crippen LogP contribution >= 0.6 is 11.6 Å². The van der Waals surface area contributed by atoms with Crippen LogP contribution in [0.1, 0.15) is 43.1 Å². The van der Waals surface area contributed by atoms with Gasteiger partial charge < -0.3 is 19.5 Å². The molecule has 0 aliphatic rings. The first kappa shape index (κ1) is 25.3. The quantitative estimate of drug-likeness (QED) is 0.423. The molecule has 1 unspecified atom stereocenters. The Morgan fingerprint density at radius 1 is 1.19 bits per heavy atom. The third-order valence-corrected chi connectivity index (χ3v) is 5.17. The number of benzene rings is 1. The van der Waals surface area contributed by atoms with Crippen LogP contribution in [0.2, 0.25) is 5.15 Å². The van der Waals surface area contributed by atoms with Gasteiger partial charge in [-0.3, -0.25) is 14.3 Å². The Hall–Kier alpha value is -3.00. The lowest BCUT2D eigenvalue weighted by Crippen LogP contribution is -2.29. The van der Waals surface area contributed by atoms with E-state index in [0.29, 0.717) is 40.2 Å². The van der Waals surface area contributed by atoms with Crippen LogP contribution in [-0.4, -0.2) is 43.0 Å². The molecule has 1 amide bonds. The second-order valence-corrected chi connectivity index (χ2v) is 8.01. The molecule has 0 bridgehead atoms. The third kappa shape index (κ3) is 6.50. The Bertz CT molecular complexity index is 984. The monoisotopic (exact) mass is 463 g/mol. The molecule has 9 heteroatoms. The van der Waals surface area contributed by atoms with E-state index in [4.69, 9.17) is 25.8 Å². The van der Waals surface area contributed by atoms with E-state index in [1.165, 1.54) is 27.4 Å². The summed E-state index contributed by atoms with van der Waals surface area (Å²) in [4.78, 5) is 24.6. The van der Waals surface area contributed by atoms with E-state index in [1.807, 2.05) is 6.92 Å². The number of nitrogens with one attached hydrogen (secondary N) is 1. The van der Waals surface area contributed by atoms with Gasteiger partial charge in [0.25, 0.3) is 0 Å². The summed E-state index contributed by atoms with van der Waals surface area (Å²) in [6.45, 7) is 6.67. The van der Waals surface area contributed by atoms with E-state index >= 15 is 0 Å². The Morgan fingerprint density at radius 3 is 2.47 bits per heavy atom. The van der Waals surface area contributed by atoms with Crippen molar-refractivity contribution in [1.29, 1.82) is 0 Å². The number of aryl methyl sites for hydroxylation is 1. The fourth-order valence-electron chi connectivity index (χ4n) is 3.17. The number of esters is 1. The fourth-order valence-corrected chi connectivity index (χ4v) is 3.48. The molecule has 2 aromatic rings. The first-order chi connectivity index (χ1) is 15.2. The van der Waals surface area contributed by atoms with Gasteiger partial charge in [-0.2, -0.15) is 5.10 Å². The molecule has 0 saturated heterocycles. The van der Waals surface area contributed by atoms with Crippen LogP contribution in [-0.2, 0) is 20.9 Å². The maximum atomic E-state index is 12.7. The maximum absolute atomic E-state index is 12.7. The number of ether oxygens (including phenoxy) is 3. The number of nitrogens with zero attached hydrogens (tertiary/aromatic N) is 2. The molecule has 0 saturated carbocycles. The molecule has 32 heavy (non-hydrogen) atoms. The van der Waals surface area contributed by atoms with E-state index in [1.54, 1.807) is 29.0 Å². The summed E-state index contributed by atoms with van der Waals surface area (Å²) in [6, 6.07) is 4.57. The molecular weight excluding hydrogens is 434 g/mol. The van der Waals surface area contributed by atoms with Crippen LogP contribution in [0.25, 0.3) is 6.08 Å². The van der Waals surface area contributed by atoms with Gasteiger partial charge in [0.15, 0.2) is 11.5 Å². The average Bonchev–Trinajstić information content (AvgIpc) is 3.02. The second-order valence-electron chi connectivity index (χ2n) is 7.66. The molecule has 0 aliphatic carbocycles. The zero-order valence-electron chi connectivity index (χ0n) is 19.3. The summed E-state index contributed by atoms with van der Waals surface area (Å²) in [5, 5.41) is 7.76. The van der Waals surface area contributed by atoms with Gasteiger partial charge in [-0.1, -0.05) is 31.5 Å². The standard InChI is InChI=1S/C23H30ClN3O5/c1-14(2)13-27-23(24)17(15(3)26-27)8-10-21(28)25-18(12-22(29)32-6)16-7-9-19(30-4)20(11-16)31-5/h7-11,14,18H,12-13H2,1-6H3,(H,25,28)/b10-8+. The molecule has 174 valence electrons. The predicted molar refractivity (Wildman–Crippen MR) is 123 cm³/mol. The van der Waals surface area contributed by atoms with Gasteiger partial charge in [0.05, 0.1) is 39.5 Å². The lowest BCUT2D eigenvalue weighted by molar-refractivity contribution is -0.141. The fraction of sp³-hybridized carbons (Fsp3) is 0.435. The van der Waals surface area contributed by atoms with Crippen molar-refractivity contribution in [3.63, 3.8) is 0 Å². The summed E-state index contributed by atoms with van der Waals surface area (Å²) in [6.07, 6.45) is 2.96. The van der Waals surface area contributed by atoms with Gasteiger partial charge in [0.2, 0.25) is 5.91 Å². The molecule has 0 fully saturated rings. The van der Waals surface area contributed by atoms with E-state index in [-0.39, 0.29) is 12.3 Å². The summed E-state index contributed by atoms with van der Waals surface area (Å²) < 4.78 is 17.1. The van der Waals surface area contributed by atoms with Gasteiger partial charge in [-0.25, -0.2) is 0 Å². The van der Waals surface area contributed by atoms with E-state index in [9.17, 15) is 9.59 Å². The third-order valence-electron chi connectivity index (χ3n) is 4.77. The summed E-state index contributed by atoms with van der Waals surface area (Å²) >= 11 is 6.44. The highest BCUT2D eigenvalue weighted by molar-refractivity contribution is 6.31. The number of halogens is 1. The van der Waals surface area contributed by atoms with E-state index < -0.39 is 12.0 Å². The van der Waals surface area contributed by atoms with Crippen molar-refractivity contribution in [3.05, 3.63) is 46.2 Å². The van der Waals surface area contributed by atoms with Crippen molar-refractivity contribution < 1.29 is 23.8 Å². The molecule has 2 rings (SSSR count). The zero-order valence-corrected chi connectivity index (χ0v) is 20.0. The molecular formula is C23H30ClN3O5. The highest BCUT2D eigenvalue weighted by atomic mass is 35.5. The van der Waals surface area contributed by atoms with Crippen molar-refractivity contribution in [2.45, 2.75) is 39.8 Å². The van der Waals surface area contributed by atoms with Crippen LogP contribution < -0.4 is 14.8 Å². The van der Waals surface area contributed by atoms with Gasteiger partial charge in [-0.05, 0) is 36.6 Å². The largest absolute Gasteiger partial charge is 0.493 e. The first-order valence-electron chi connectivity index (χ1n) is 10.2. The summed E-state index contributed by atoms with van der Waals surface area (Å²) in [7, 11) is 4.35. The van der Waals surface area contributed by atoms with Gasteiger partial charge >= 0.3 is 5.97 Å². The Kier molecular flexibility index (Phi) is 9.13. The van der Waals surface area contributed by atoms with Crippen molar-refractivity contribution in [2.75, 3.05) is 21.3 Å². The molecule has 0 radical (unpaired) electrons. The Balaban J connectivity index is 2.24. The van der Waals surface area contributed by atoms with Crippen molar-refractivity contribution in [1.82, 2.24) is 15.1 Å². The number of aromatic nitrogens is 2. The van der Waals surface area contributed by atoms with Gasteiger partial charge in [0, 0.05) is 18.2 Å². The number of amides is 1. The van der Waals surface area contributed by atoms with Crippen molar-refractivity contribution in [3.8, 4) is 11.5 Å². The highest BCUT2D eigenvalue weighted by Crippen LogP contribution is 2.31. The molecule has 1 heterocycles. The molecule has 8 nitrogen and oxygen atoms in total. The lowest BCUT2D eigenvalue weighted by Gasteiger charge is -2.19. The van der Waals surface area contributed by atoms with Crippen LogP contribution in [0.4, 0.5) is 0 Å². The smallest absolute Gasteiger partial charge is 0.307 e. The van der Waals surface area contributed by atoms with Gasteiger partial charge in [-0.15, -0.1) is 0 Å². The number of carbonyl (C=O) groups is 2. The normalized spacial score (nSPS) is 12.1. The van der Waals surface area contributed by atoms with E-state index in [2.05, 4.69) is 24.3 Å². The average molecular weight is 464 g/mol. The molecule has 0 spiro atoms. The molecule has 1 aromatic heterocycles. The molecule has 1 aromatic carbocycles. The van der Waals surface area contributed by atoms with Crippen LogP contribution in [0.5, 0.6) is 11.5 Å². The SMILES string of the molecule is COC(=O)CC(NC(=O)/C=C/c1c(C)nn(CC(C)C)c1Cl)c1ccc(OC)c(OC)c1. The van der Waals surface area contributed by atoms with E-state index in [0.717, 1.165) is 5.69 Å². The highest BCUT2D eigenvalue weighted by Gasteiger charge is 2.20. The van der Waals surface area contributed by atoms with Crippen molar-refractivity contribution in [2.24, 2.45) is 5.92 Å². The topological polar surface area (TPSA) is 91.7 Å². The summed E-state index contributed by atoms with van der Waals surface area (Å²) in [5.74, 6) is 0.573. The van der Waals surface area contributed by atoms with Crippen LogP contribution in [0, 0.1) is 12.8 Å². The summed E-state index contributed by atoms with van der Waals surface area (Å²) in [5.41, 5.74) is 2.08. The van der Waals surface area contributed by atoms with Gasteiger partial charge in [0.1, 0.15) is 5.15 Å². The Labute approximate surface area is 193 Å². The molecule has 1 N–H and O–H groups in total. The second kappa shape index (κ2) is 11.6. The molecule has 1 atom stereocenters. The number of rotatable bonds is 10. The Morgan fingerprint density at radius 2 is 1.88 bits per heavy atom.